The lowest BCUT2D eigenvalue weighted by Gasteiger charge is -2.14. The largest absolute Gasteiger partial charge is 0.386 e. The van der Waals surface area contributed by atoms with Gasteiger partial charge in [0.25, 0.3) is 0 Å². The molecule has 0 bridgehead atoms. The molecule has 5 aromatic rings. The second kappa shape index (κ2) is 14.8. The quantitative estimate of drug-likeness (QED) is 0.136. The van der Waals surface area contributed by atoms with Gasteiger partial charge < -0.3 is 20.1 Å². The molecule has 8 heteroatoms. The van der Waals surface area contributed by atoms with E-state index in [1.165, 1.54) is 57.4 Å². The zero-order chi connectivity index (χ0) is 32.9. The summed E-state index contributed by atoms with van der Waals surface area (Å²) in [7, 11) is 1.90. The number of fused-ring (bicyclic) bond motifs is 1. The Morgan fingerprint density at radius 1 is 0.792 bits per heavy atom. The Morgan fingerprint density at radius 3 is 2.21 bits per heavy atom. The van der Waals surface area contributed by atoms with Crippen molar-refractivity contribution in [1.29, 1.82) is 0 Å². The fraction of sp³-hybridized carbons (Fsp3) is 0.375. The molecule has 248 valence electrons. The predicted octanol–water partition coefficient (Wildman–Crippen LogP) is 7.99. The monoisotopic (exact) mass is 643 g/mol. The average Bonchev–Trinajstić information content (AvgIpc) is 3.91. The highest BCUT2D eigenvalue weighted by molar-refractivity contribution is 5.98. The minimum absolute atomic E-state index is 0.214. The third kappa shape index (κ3) is 7.35. The number of aromatic nitrogens is 4. The van der Waals surface area contributed by atoms with Crippen LogP contribution < -0.4 is 5.32 Å². The summed E-state index contributed by atoms with van der Waals surface area (Å²) in [5, 5.41) is 4.28. The highest BCUT2D eigenvalue weighted by Crippen LogP contribution is 2.35. The van der Waals surface area contributed by atoms with Crippen molar-refractivity contribution in [3.8, 4) is 22.4 Å². The van der Waals surface area contributed by atoms with Gasteiger partial charge in [-0.2, -0.15) is 0 Å². The molecular formula is C40H46FN7. The number of benzene rings is 1. The summed E-state index contributed by atoms with van der Waals surface area (Å²) >= 11 is 0. The normalized spacial score (nSPS) is 15.5. The first-order chi connectivity index (χ1) is 23.5. The molecule has 2 aliphatic heterocycles. The van der Waals surface area contributed by atoms with Crippen molar-refractivity contribution in [2.24, 2.45) is 0 Å². The van der Waals surface area contributed by atoms with E-state index < -0.39 is 0 Å². The number of H-pyrrole nitrogens is 1. The van der Waals surface area contributed by atoms with Crippen LogP contribution in [-0.2, 0) is 12.8 Å². The number of aromatic amines is 1. The van der Waals surface area contributed by atoms with Crippen LogP contribution in [0.25, 0.3) is 38.9 Å². The standard InChI is InChI=1S/C40H46FN7/c1-28(34-21-38(45-27-39(34)42-2)32-18-30(23-43-24-32)10-8-16-48-13-5-6-14-48)37-22-35-36(25-44-26-40(35)46-37)31-17-29(19-33(41)20-31)9-7-15-47-11-3-4-12-47/h17-27,42,46H,1,3-16H2,2H3. The van der Waals surface area contributed by atoms with Crippen LogP contribution in [0.15, 0.2) is 74.0 Å². The Bertz CT molecular complexity index is 1880. The molecule has 2 aliphatic rings. The Balaban J connectivity index is 1.12. The summed E-state index contributed by atoms with van der Waals surface area (Å²) in [6.07, 6.45) is 18.6. The Hall–Kier alpha value is -4.40. The summed E-state index contributed by atoms with van der Waals surface area (Å²) < 4.78 is 14.9. The molecule has 0 amide bonds. The number of likely N-dealkylation sites (tertiary alicyclic amines) is 2. The van der Waals surface area contributed by atoms with Crippen LogP contribution >= 0.6 is 0 Å². The van der Waals surface area contributed by atoms with E-state index in [4.69, 9.17) is 4.98 Å². The molecular weight excluding hydrogens is 597 g/mol. The fourth-order valence-electron chi connectivity index (χ4n) is 7.39. The van der Waals surface area contributed by atoms with Crippen molar-refractivity contribution in [1.82, 2.24) is 29.7 Å². The molecule has 0 aliphatic carbocycles. The van der Waals surface area contributed by atoms with Crippen molar-refractivity contribution < 1.29 is 4.39 Å². The minimum Gasteiger partial charge on any atom is -0.386 e. The molecule has 0 unspecified atom stereocenters. The van der Waals surface area contributed by atoms with Gasteiger partial charge >= 0.3 is 0 Å². The van der Waals surface area contributed by atoms with Crippen LogP contribution in [0.4, 0.5) is 10.1 Å². The predicted molar refractivity (Wildman–Crippen MR) is 195 cm³/mol. The number of anilines is 1. The number of hydrogen-bond acceptors (Lipinski definition) is 6. The number of nitrogens with one attached hydrogen (secondary N) is 2. The van der Waals surface area contributed by atoms with Crippen LogP contribution in [0.3, 0.4) is 0 Å². The number of rotatable bonds is 13. The van der Waals surface area contributed by atoms with Gasteiger partial charge in [0.05, 0.1) is 29.3 Å². The molecule has 48 heavy (non-hydrogen) atoms. The lowest BCUT2D eigenvalue weighted by atomic mass is 9.98. The molecule has 1 aromatic carbocycles. The summed E-state index contributed by atoms with van der Waals surface area (Å²) in [4.78, 5) is 22.5. The highest BCUT2D eigenvalue weighted by atomic mass is 19.1. The van der Waals surface area contributed by atoms with Gasteiger partial charge in [0.15, 0.2) is 0 Å². The van der Waals surface area contributed by atoms with Gasteiger partial charge in [-0.3, -0.25) is 15.0 Å². The maximum Gasteiger partial charge on any atom is 0.124 e. The molecule has 0 atom stereocenters. The van der Waals surface area contributed by atoms with Crippen molar-refractivity contribution in [2.45, 2.75) is 51.4 Å². The molecule has 0 saturated carbocycles. The van der Waals surface area contributed by atoms with Crippen LogP contribution in [-0.4, -0.2) is 76.1 Å². The number of hydrogen-bond donors (Lipinski definition) is 2. The fourth-order valence-corrected chi connectivity index (χ4v) is 7.39. The zero-order valence-corrected chi connectivity index (χ0v) is 28.1. The second-order valence-electron chi connectivity index (χ2n) is 13.4. The van der Waals surface area contributed by atoms with Crippen LogP contribution in [0.5, 0.6) is 0 Å². The molecule has 2 saturated heterocycles. The van der Waals surface area contributed by atoms with E-state index in [2.05, 4.69) is 60.9 Å². The van der Waals surface area contributed by atoms with E-state index in [1.807, 2.05) is 38.0 Å². The topological polar surface area (TPSA) is 73.0 Å². The molecule has 7 nitrogen and oxygen atoms in total. The summed E-state index contributed by atoms with van der Waals surface area (Å²) in [6, 6.07) is 11.8. The molecule has 2 N–H and O–H groups in total. The number of nitrogens with zero attached hydrogens (tertiary/aromatic N) is 5. The number of pyridine rings is 3. The minimum atomic E-state index is -0.214. The first-order valence-corrected chi connectivity index (χ1v) is 17.6. The maximum atomic E-state index is 14.9. The highest BCUT2D eigenvalue weighted by Gasteiger charge is 2.17. The van der Waals surface area contributed by atoms with Gasteiger partial charge in [-0.05, 0) is 138 Å². The molecule has 7 rings (SSSR count). The van der Waals surface area contributed by atoms with Crippen molar-refractivity contribution in [3.05, 3.63) is 102 Å². The average molecular weight is 644 g/mol. The van der Waals surface area contributed by atoms with E-state index in [0.29, 0.717) is 0 Å². The number of aryl methyl sites for hydroxylation is 2. The first kappa shape index (κ1) is 32.2. The SMILES string of the molecule is C=C(c1cc2c(-c3cc(F)cc(CCCN4CCCC4)c3)cncc2[nH]1)c1cc(-c2cncc(CCCN3CCCC3)c2)ncc1NC. The summed E-state index contributed by atoms with van der Waals surface area (Å²) in [6.45, 7) is 11.6. The van der Waals surface area contributed by atoms with Gasteiger partial charge in [0.2, 0.25) is 0 Å². The van der Waals surface area contributed by atoms with Gasteiger partial charge in [-0.25, -0.2) is 4.39 Å². The Morgan fingerprint density at radius 2 is 1.48 bits per heavy atom. The third-order valence-corrected chi connectivity index (χ3v) is 10.0. The summed E-state index contributed by atoms with van der Waals surface area (Å²) in [5.74, 6) is -0.214. The molecule has 4 aromatic heterocycles. The van der Waals surface area contributed by atoms with E-state index in [1.54, 1.807) is 12.1 Å². The second-order valence-corrected chi connectivity index (χ2v) is 13.4. The maximum absolute atomic E-state index is 14.9. The zero-order valence-electron chi connectivity index (χ0n) is 28.1. The molecule has 0 radical (unpaired) electrons. The number of halogens is 1. The first-order valence-electron chi connectivity index (χ1n) is 17.6. The van der Waals surface area contributed by atoms with Gasteiger partial charge in [-0.1, -0.05) is 12.6 Å². The van der Waals surface area contributed by atoms with Crippen molar-refractivity contribution in [3.63, 3.8) is 0 Å². The van der Waals surface area contributed by atoms with Crippen molar-refractivity contribution >= 4 is 22.2 Å². The Kier molecular flexibility index (Phi) is 9.91. The van der Waals surface area contributed by atoms with Gasteiger partial charge in [-0.15, -0.1) is 0 Å². The molecule has 0 spiro atoms. The molecule has 2 fully saturated rings. The summed E-state index contributed by atoms with van der Waals surface area (Å²) in [5.41, 5.74) is 10.3. The van der Waals surface area contributed by atoms with Crippen LogP contribution in [0.1, 0.15) is 60.9 Å². The smallest absolute Gasteiger partial charge is 0.124 e. The van der Waals surface area contributed by atoms with Gasteiger partial charge in [0.1, 0.15) is 5.82 Å². The van der Waals surface area contributed by atoms with E-state index >= 15 is 0 Å². The van der Waals surface area contributed by atoms with Gasteiger partial charge in [0, 0.05) is 59.0 Å². The van der Waals surface area contributed by atoms with Crippen molar-refractivity contribution in [2.75, 3.05) is 51.6 Å². The van der Waals surface area contributed by atoms with Crippen LogP contribution in [0, 0.1) is 5.82 Å². The lowest BCUT2D eigenvalue weighted by Crippen LogP contribution is -2.20. The van der Waals surface area contributed by atoms with Crippen LogP contribution in [0.2, 0.25) is 0 Å². The Labute approximate surface area is 283 Å². The van der Waals surface area contributed by atoms with E-state index in [9.17, 15) is 4.39 Å². The molecule has 6 heterocycles. The van der Waals surface area contributed by atoms with E-state index in [0.717, 1.165) is 100 Å². The third-order valence-electron chi connectivity index (χ3n) is 10.0. The lowest BCUT2D eigenvalue weighted by molar-refractivity contribution is 0.334. The van der Waals surface area contributed by atoms with E-state index in [-0.39, 0.29) is 5.82 Å².